The second kappa shape index (κ2) is 3.44. The summed E-state index contributed by atoms with van der Waals surface area (Å²) >= 11 is 0. The monoisotopic (exact) mass is 167 g/mol. The Kier molecular flexibility index (Phi) is 2.30. The Morgan fingerprint density at radius 1 is 1.50 bits per heavy atom. The van der Waals surface area contributed by atoms with Gasteiger partial charge < -0.3 is 10.2 Å². The van der Waals surface area contributed by atoms with E-state index in [0.717, 1.165) is 38.8 Å². The van der Waals surface area contributed by atoms with Gasteiger partial charge in [-0.3, -0.25) is 4.79 Å². The molecule has 1 radical (unpaired) electrons. The Hall–Kier alpha value is -0.570. The second-order valence-electron chi connectivity index (χ2n) is 3.51. The summed E-state index contributed by atoms with van der Waals surface area (Å²) in [4.78, 5) is 13.6. The van der Waals surface area contributed by atoms with Gasteiger partial charge in [-0.25, -0.2) is 0 Å². The fourth-order valence-electron chi connectivity index (χ4n) is 1.90. The topological polar surface area (TPSA) is 32.3 Å². The van der Waals surface area contributed by atoms with Crippen molar-refractivity contribution in [3.63, 3.8) is 0 Å². The molecule has 3 nitrogen and oxygen atoms in total. The van der Waals surface area contributed by atoms with E-state index in [9.17, 15) is 4.79 Å². The van der Waals surface area contributed by atoms with Crippen molar-refractivity contribution in [2.24, 2.45) is 0 Å². The maximum atomic E-state index is 11.7. The first-order valence-electron chi connectivity index (χ1n) is 4.75. The summed E-state index contributed by atoms with van der Waals surface area (Å²) in [7, 11) is 0. The van der Waals surface area contributed by atoms with E-state index >= 15 is 0 Å². The van der Waals surface area contributed by atoms with E-state index in [2.05, 4.69) is 5.32 Å². The van der Waals surface area contributed by atoms with Crippen LogP contribution < -0.4 is 5.32 Å². The van der Waals surface area contributed by atoms with E-state index in [-0.39, 0.29) is 11.9 Å². The van der Waals surface area contributed by atoms with Crippen molar-refractivity contribution >= 4 is 5.91 Å². The number of likely N-dealkylation sites (tertiary alicyclic amines) is 1. The summed E-state index contributed by atoms with van der Waals surface area (Å²) in [5.41, 5.74) is 0. The molecule has 12 heavy (non-hydrogen) atoms. The summed E-state index contributed by atoms with van der Waals surface area (Å²) < 4.78 is 0. The number of amides is 1. The Bertz CT molecular complexity index is 151. The minimum absolute atomic E-state index is 0.111. The first-order chi connectivity index (χ1) is 5.88. The molecule has 2 rings (SSSR count). The van der Waals surface area contributed by atoms with E-state index in [1.165, 1.54) is 0 Å². The first-order valence-corrected chi connectivity index (χ1v) is 4.75. The van der Waals surface area contributed by atoms with Gasteiger partial charge in [-0.2, -0.15) is 0 Å². The molecule has 0 saturated carbocycles. The van der Waals surface area contributed by atoms with Crippen LogP contribution in [0.15, 0.2) is 0 Å². The summed E-state index contributed by atoms with van der Waals surface area (Å²) in [5, 5.41) is 3.22. The Labute approximate surface area is 73.1 Å². The van der Waals surface area contributed by atoms with E-state index < -0.39 is 0 Å². The number of carbonyl (C=O) groups is 1. The van der Waals surface area contributed by atoms with Crippen LogP contribution in [0, 0.1) is 6.54 Å². The Morgan fingerprint density at radius 3 is 3.00 bits per heavy atom. The van der Waals surface area contributed by atoms with Gasteiger partial charge in [0, 0.05) is 6.54 Å². The van der Waals surface area contributed by atoms with Crippen LogP contribution in [0.1, 0.15) is 25.7 Å². The summed E-state index contributed by atoms with van der Waals surface area (Å²) in [6, 6.07) is 0.111. The van der Waals surface area contributed by atoms with E-state index in [1.807, 2.05) is 11.4 Å². The molecular formula is C9H15N2O. The largest absolute Gasteiger partial charge is 0.336 e. The highest BCUT2D eigenvalue weighted by Crippen LogP contribution is 2.16. The Balaban J connectivity index is 1.89. The fraction of sp³-hybridized carbons (Fsp3) is 0.778. The number of rotatable bonds is 1. The van der Waals surface area contributed by atoms with Gasteiger partial charge in [-0.1, -0.05) is 0 Å². The highest BCUT2D eigenvalue weighted by Gasteiger charge is 2.28. The third kappa shape index (κ3) is 1.46. The van der Waals surface area contributed by atoms with Gasteiger partial charge in [-0.05, 0) is 32.2 Å². The second-order valence-corrected chi connectivity index (χ2v) is 3.51. The third-order valence-corrected chi connectivity index (χ3v) is 2.59. The molecule has 2 saturated heterocycles. The average Bonchev–Trinajstić information content (AvgIpc) is 2.77. The molecule has 0 aromatic rings. The predicted molar refractivity (Wildman–Crippen MR) is 46.3 cm³/mol. The van der Waals surface area contributed by atoms with Crippen LogP contribution in [-0.2, 0) is 4.79 Å². The molecule has 0 aliphatic carbocycles. The number of carbonyl (C=O) groups excluding carboxylic acids is 1. The van der Waals surface area contributed by atoms with Gasteiger partial charge in [0.2, 0.25) is 5.91 Å². The van der Waals surface area contributed by atoms with Gasteiger partial charge in [0.1, 0.15) is 0 Å². The lowest BCUT2D eigenvalue weighted by molar-refractivity contribution is -0.130. The minimum atomic E-state index is 0.111. The van der Waals surface area contributed by atoms with Crippen molar-refractivity contribution in [1.82, 2.24) is 10.2 Å². The van der Waals surface area contributed by atoms with Crippen molar-refractivity contribution in [2.75, 3.05) is 13.1 Å². The maximum absolute atomic E-state index is 11.7. The lowest BCUT2D eigenvalue weighted by Gasteiger charge is -2.19. The van der Waals surface area contributed by atoms with Gasteiger partial charge in [0.05, 0.1) is 12.6 Å². The van der Waals surface area contributed by atoms with Gasteiger partial charge in [-0.15, -0.1) is 0 Å². The highest BCUT2D eigenvalue weighted by atomic mass is 16.2. The van der Waals surface area contributed by atoms with Gasteiger partial charge in [0.15, 0.2) is 0 Å². The molecule has 0 aromatic carbocycles. The summed E-state index contributed by atoms with van der Waals surface area (Å²) in [6.45, 7) is 3.96. The molecule has 2 aliphatic heterocycles. The number of nitrogens with zero attached hydrogens (tertiary/aromatic N) is 1. The molecule has 1 atom stereocenters. The minimum Gasteiger partial charge on any atom is -0.336 e. The third-order valence-electron chi connectivity index (χ3n) is 2.59. The molecule has 0 bridgehead atoms. The van der Waals surface area contributed by atoms with Crippen LogP contribution in [0.5, 0.6) is 0 Å². The first kappa shape index (κ1) is 8.05. The molecule has 67 valence electrons. The molecule has 2 aliphatic rings. The van der Waals surface area contributed by atoms with Gasteiger partial charge >= 0.3 is 0 Å². The van der Waals surface area contributed by atoms with Crippen molar-refractivity contribution < 1.29 is 4.79 Å². The molecule has 0 aromatic heterocycles. The van der Waals surface area contributed by atoms with E-state index in [0.29, 0.717) is 0 Å². The maximum Gasteiger partial charge on any atom is 0.240 e. The predicted octanol–water partition coefficient (Wildman–Crippen LogP) is 0.523. The number of hydrogen-bond acceptors (Lipinski definition) is 2. The summed E-state index contributed by atoms with van der Waals surface area (Å²) in [6.07, 6.45) is 4.37. The average molecular weight is 167 g/mol. The zero-order valence-corrected chi connectivity index (χ0v) is 7.25. The zero-order valence-electron chi connectivity index (χ0n) is 7.25. The van der Waals surface area contributed by atoms with Crippen molar-refractivity contribution in [3.05, 3.63) is 6.54 Å². The highest BCUT2D eigenvalue weighted by molar-refractivity contribution is 5.83. The summed E-state index contributed by atoms with van der Waals surface area (Å²) in [5.74, 6) is 0.282. The molecule has 1 N–H and O–H groups in total. The molecule has 2 fully saturated rings. The molecule has 2 heterocycles. The standard InChI is InChI=1S/C9H15N2O/c12-9(8-4-3-5-10-8)11-6-1-2-7-11/h6,8,10H,1-5,7H2. The molecule has 1 amide bonds. The van der Waals surface area contributed by atoms with E-state index in [1.54, 1.807) is 0 Å². The van der Waals surface area contributed by atoms with Crippen LogP contribution >= 0.6 is 0 Å². The number of nitrogens with one attached hydrogen (secondary N) is 1. The van der Waals surface area contributed by atoms with Crippen LogP contribution in [0.25, 0.3) is 0 Å². The SMILES string of the molecule is O=C(C1CCCN1)N1[CH]CCC1. The van der Waals surface area contributed by atoms with Crippen molar-refractivity contribution in [3.8, 4) is 0 Å². The van der Waals surface area contributed by atoms with Crippen LogP contribution in [0.3, 0.4) is 0 Å². The van der Waals surface area contributed by atoms with Gasteiger partial charge in [0.25, 0.3) is 0 Å². The molecular weight excluding hydrogens is 152 g/mol. The molecule has 0 spiro atoms. The van der Waals surface area contributed by atoms with Crippen LogP contribution in [0.4, 0.5) is 0 Å². The fourth-order valence-corrected chi connectivity index (χ4v) is 1.90. The molecule has 3 heteroatoms. The number of hydrogen-bond donors (Lipinski definition) is 1. The van der Waals surface area contributed by atoms with Crippen LogP contribution in [0.2, 0.25) is 0 Å². The lowest BCUT2D eigenvalue weighted by atomic mass is 10.2. The lowest BCUT2D eigenvalue weighted by Crippen LogP contribution is -2.40. The van der Waals surface area contributed by atoms with Crippen LogP contribution in [-0.4, -0.2) is 29.9 Å². The zero-order chi connectivity index (χ0) is 8.39. The smallest absolute Gasteiger partial charge is 0.240 e. The quantitative estimate of drug-likeness (QED) is 0.617. The molecule has 1 unspecified atom stereocenters. The van der Waals surface area contributed by atoms with E-state index in [4.69, 9.17) is 0 Å². The van der Waals surface area contributed by atoms with Crippen molar-refractivity contribution in [1.29, 1.82) is 0 Å². The normalized spacial score (nSPS) is 29.7. The Morgan fingerprint density at radius 2 is 2.42 bits per heavy atom. The van der Waals surface area contributed by atoms with Crippen molar-refractivity contribution in [2.45, 2.75) is 31.7 Å².